The molecule has 0 aliphatic carbocycles. The van der Waals surface area contributed by atoms with Crippen LogP contribution in [0.15, 0.2) is 267 Å². The lowest BCUT2D eigenvalue weighted by atomic mass is 10.0. The molecule has 0 saturated heterocycles. The molecule has 0 saturated carbocycles. The van der Waals surface area contributed by atoms with Gasteiger partial charge in [0.05, 0.1) is 25.3 Å². The summed E-state index contributed by atoms with van der Waals surface area (Å²) in [7, 11) is 0. The van der Waals surface area contributed by atoms with Gasteiger partial charge in [0, 0.05) is 5.56 Å². The molecule has 0 bridgehead atoms. The average Bonchev–Trinajstić information content (AvgIpc) is 0.768. The van der Waals surface area contributed by atoms with Gasteiger partial charge in [-0.1, -0.05) is 182 Å². The second-order valence-corrected chi connectivity index (χ2v) is 23.7. The SMILES string of the molecule is [C-]#[N+]c1c(OC(=O)OCc2ccccc2)cccc1Oc1cc(C(=O)c2ccc(Oc3cccc(OC(=O)OCc4ccccc4)c3[N+]#[C-])c(Oc3cccc(OC(=O)OCc4ccccc4)c3[N+]#[C-])c2O)cc(Oc2cccc(OC(=O)OCc3ccccc3)c2C#N)c1Oc1cccc(OC(=O)OCc2ccccc2)c1C#N. The highest BCUT2D eigenvalue weighted by Crippen LogP contribution is 2.53. The van der Waals surface area contributed by atoms with Crippen LogP contribution in [0.25, 0.3) is 14.5 Å². The number of benzene rings is 12. The Labute approximate surface area is 654 Å². The van der Waals surface area contributed by atoms with E-state index in [4.69, 9.17) is 90.8 Å². The highest BCUT2D eigenvalue weighted by atomic mass is 16.7. The van der Waals surface area contributed by atoms with E-state index in [9.17, 15) is 39.6 Å². The molecule has 0 aromatic heterocycles. The first-order valence-electron chi connectivity index (χ1n) is 34.1. The number of ether oxygens (including phenoxy) is 15. The molecule has 0 aliphatic rings. The summed E-state index contributed by atoms with van der Waals surface area (Å²) in [5.74, 6) is -9.32. The van der Waals surface area contributed by atoms with Crippen LogP contribution in [0.1, 0.15) is 54.9 Å². The Morgan fingerprint density at radius 3 is 0.896 bits per heavy atom. The average molecular weight is 1530 g/mol. The van der Waals surface area contributed by atoms with E-state index in [0.717, 1.165) is 24.3 Å². The van der Waals surface area contributed by atoms with Gasteiger partial charge < -0.3 is 76.2 Å². The summed E-state index contributed by atoms with van der Waals surface area (Å²) >= 11 is 0. The summed E-state index contributed by atoms with van der Waals surface area (Å²) in [4.78, 5) is 93.4. The second kappa shape index (κ2) is 37.6. The molecule has 1 N–H and O–H groups in total. The minimum absolute atomic E-state index is 0.198. The fourth-order valence-corrected chi connectivity index (χ4v) is 10.7. The van der Waals surface area contributed by atoms with Gasteiger partial charge in [-0.15, -0.1) is 0 Å². The lowest BCUT2D eigenvalue weighted by Gasteiger charge is -2.21. The second-order valence-electron chi connectivity index (χ2n) is 23.7. The van der Waals surface area contributed by atoms with Gasteiger partial charge in [-0.05, 0) is 113 Å². The maximum atomic E-state index is 16.0. The zero-order valence-corrected chi connectivity index (χ0v) is 59.7. The first kappa shape index (κ1) is 77.5. The fraction of sp³-hybridized carbons (Fsp3) is 0.0568. The van der Waals surface area contributed by atoms with Gasteiger partial charge in [0.25, 0.3) is 17.1 Å². The minimum Gasteiger partial charge on any atom is -0.504 e. The van der Waals surface area contributed by atoms with Crippen molar-refractivity contribution in [1.82, 2.24) is 0 Å². The van der Waals surface area contributed by atoms with Crippen LogP contribution in [0.5, 0.6) is 92.0 Å². The summed E-state index contributed by atoms with van der Waals surface area (Å²) in [6.45, 7) is 23.9. The molecule has 564 valence electrons. The largest absolute Gasteiger partial charge is 0.514 e. The van der Waals surface area contributed by atoms with E-state index in [1.165, 1.54) is 91.0 Å². The van der Waals surface area contributed by atoms with E-state index in [1.807, 2.05) is 12.1 Å². The van der Waals surface area contributed by atoms with Crippen molar-refractivity contribution < 1.29 is 105 Å². The molecule has 0 radical (unpaired) electrons. The molecule has 12 aromatic carbocycles. The number of para-hydroxylation sites is 3. The van der Waals surface area contributed by atoms with E-state index < -0.39 is 156 Å². The van der Waals surface area contributed by atoms with E-state index in [-0.39, 0.29) is 44.5 Å². The van der Waals surface area contributed by atoms with Crippen LogP contribution in [-0.2, 0) is 56.7 Å². The molecule has 115 heavy (non-hydrogen) atoms. The standard InChI is InChI=1S/C88H55N5O22/c1-91-77-68(38-21-41-71(77)113-86(98)103-52-57-28-13-6-14-29-57)107-74-45-44-61(81(95)83(74)110-70-40-23-43-73(79(70)93-3)115-88(100)105-54-59-32-17-8-18-33-59)80(94)60-46-75(106-64-34-19-36-66(62(64)48-89)111-84(96)101-50-55-24-9-4-10-25-55)82(109-65-35-20-37-67(63(65)49-90)112-85(97)102-51-56-26-11-5-12-27-56)76(47-60)108-69-39-22-42-72(78(69)92-2)114-87(99)104-53-58-30-15-7-16-31-58/h4-47,95H,50-54H2. The molecule has 27 heteroatoms. The number of ketones is 1. The molecule has 12 aromatic rings. The Morgan fingerprint density at radius 1 is 0.296 bits per heavy atom. The smallest absolute Gasteiger partial charge is 0.504 e. The Balaban J connectivity index is 1.00. The van der Waals surface area contributed by atoms with Crippen molar-refractivity contribution in [3.63, 3.8) is 0 Å². The summed E-state index contributed by atoms with van der Waals surface area (Å²) in [6.07, 6.45) is -6.16. The minimum atomic E-state index is -1.25. The molecule has 0 atom stereocenters. The molecule has 27 nitrogen and oxygen atoms in total. The molecular formula is C88H55N5O22. The van der Waals surface area contributed by atoms with Crippen molar-refractivity contribution in [3.05, 3.63) is 351 Å². The predicted molar refractivity (Wildman–Crippen MR) is 405 cm³/mol. The third kappa shape index (κ3) is 20.0. The molecule has 0 unspecified atom stereocenters. The van der Waals surface area contributed by atoms with Gasteiger partial charge in [0.15, 0.2) is 40.3 Å². The number of hydrogen-bond donors (Lipinski definition) is 1. The van der Waals surface area contributed by atoms with E-state index in [0.29, 0.717) is 27.8 Å². The van der Waals surface area contributed by atoms with E-state index in [1.54, 1.807) is 152 Å². The molecule has 0 heterocycles. The van der Waals surface area contributed by atoms with Gasteiger partial charge >= 0.3 is 30.8 Å². The zero-order chi connectivity index (χ0) is 80.4. The number of nitrogens with zero attached hydrogens (tertiary/aromatic N) is 5. The van der Waals surface area contributed by atoms with Crippen LogP contribution >= 0.6 is 0 Å². The summed E-state index contributed by atoms with van der Waals surface area (Å²) < 4.78 is 87.2. The lowest BCUT2D eigenvalue weighted by Crippen LogP contribution is -2.12. The van der Waals surface area contributed by atoms with Crippen LogP contribution in [0.4, 0.5) is 41.0 Å². The maximum Gasteiger partial charge on any atom is 0.514 e. The molecule has 0 amide bonds. The maximum absolute atomic E-state index is 16.0. The summed E-state index contributed by atoms with van der Waals surface area (Å²) in [6, 6.07) is 70.4. The number of phenols is 1. The Bertz CT molecular complexity index is 5720. The number of carbonyl (C=O) groups excluding carboxylic acids is 6. The Morgan fingerprint density at radius 2 is 0.565 bits per heavy atom. The highest BCUT2D eigenvalue weighted by molar-refractivity contribution is 6.12. The van der Waals surface area contributed by atoms with Gasteiger partial charge in [0.2, 0.25) is 11.5 Å². The first-order valence-corrected chi connectivity index (χ1v) is 34.1. The predicted octanol–water partition coefficient (Wildman–Crippen LogP) is 21.6. The number of carbonyl (C=O) groups is 6. The quantitative estimate of drug-likeness (QED) is 0.0164. The van der Waals surface area contributed by atoms with Crippen molar-refractivity contribution in [2.45, 2.75) is 33.0 Å². The van der Waals surface area contributed by atoms with Crippen LogP contribution in [0.3, 0.4) is 0 Å². The van der Waals surface area contributed by atoms with Crippen molar-refractivity contribution in [1.29, 1.82) is 10.5 Å². The number of rotatable bonds is 27. The number of nitriles is 2. The highest BCUT2D eigenvalue weighted by Gasteiger charge is 2.31. The first-order chi connectivity index (χ1) is 56.1. The van der Waals surface area contributed by atoms with E-state index in [2.05, 4.69) is 14.5 Å². The summed E-state index contributed by atoms with van der Waals surface area (Å²) in [5.41, 5.74) is -0.510. The van der Waals surface area contributed by atoms with Gasteiger partial charge in [-0.2, -0.15) is 10.5 Å². The summed E-state index contributed by atoms with van der Waals surface area (Å²) in [5, 5.41) is 34.8. The zero-order valence-electron chi connectivity index (χ0n) is 59.7. The Kier molecular flexibility index (Phi) is 25.4. The van der Waals surface area contributed by atoms with Gasteiger partial charge in [-0.3, -0.25) is 4.79 Å². The topological polar surface area (TPSA) is 322 Å². The normalized spacial score (nSPS) is 10.3. The molecule has 0 aliphatic heterocycles. The van der Waals surface area contributed by atoms with E-state index >= 15 is 4.79 Å². The third-order valence-electron chi connectivity index (χ3n) is 16.1. The molecule has 0 spiro atoms. The van der Waals surface area contributed by atoms with Crippen LogP contribution < -0.4 is 47.4 Å². The van der Waals surface area contributed by atoms with Crippen molar-refractivity contribution in [2.75, 3.05) is 0 Å². The monoisotopic (exact) mass is 1530 g/mol. The van der Waals surface area contributed by atoms with Gasteiger partial charge in [0.1, 0.15) is 102 Å². The molecular weight excluding hydrogens is 1480 g/mol. The number of aromatic hydroxyl groups is 1. The lowest BCUT2D eigenvalue weighted by molar-refractivity contribution is 0.0916. The van der Waals surface area contributed by atoms with Gasteiger partial charge in [-0.25, -0.2) is 38.5 Å². The number of phenolic OH excluding ortho intramolecular Hbond substituents is 1. The van der Waals surface area contributed by atoms with Crippen molar-refractivity contribution in [2.24, 2.45) is 0 Å². The van der Waals surface area contributed by atoms with Crippen molar-refractivity contribution in [3.8, 4) is 104 Å². The molecule has 0 fully saturated rings. The molecule has 12 rings (SSSR count). The van der Waals surface area contributed by atoms with Crippen LogP contribution in [0.2, 0.25) is 0 Å². The van der Waals surface area contributed by atoms with Crippen molar-refractivity contribution >= 4 is 53.6 Å². The third-order valence-corrected chi connectivity index (χ3v) is 16.1. The van der Waals surface area contributed by atoms with Crippen LogP contribution in [-0.4, -0.2) is 41.7 Å². The van der Waals surface area contributed by atoms with Crippen LogP contribution in [0, 0.1) is 42.4 Å². The Hall–Kier alpha value is -17.1. The fourth-order valence-electron chi connectivity index (χ4n) is 10.7. The number of hydrogen-bond acceptors (Lipinski definition) is 24.